The summed E-state index contributed by atoms with van der Waals surface area (Å²) in [5, 5.41) is 12.6. The Morgan fingerprint density at radius 2 is 1.89 bits per heavy atom. The molecule has 1 aromatic heterocycles. The summed E-state index contributed by atoms with van der Waals surface area (Å²) in [6, 6.07) is 5.68. The van der Waals surface area contributed by atoms with Gasteiger partial charge in [0.05, 0.1) is 6.54 Å². The lowest BCUT2D eigenvalue weighted by Gasteiger charge is -2.12. The summed E-state index contributed by atoms with van der Waals surface area (Å²) >= 11 is 14.3. The first-order chi connectivity index (χ1) is 13.3. The lowest BCUT2D eigenvalue weighted by Crippen LogP contribution is -2.42. The van der Waals surface area contributed by atoms with Gasteiger partial charge >= 0.3 is 0 Å². The average Bonchev–Trinajstić information content (AvgIpc) is 2.67. The Morgan fingerprint density at radius 1 is 1.18 bits per heavy atom. The Labute approximate surface area is 177 Å². The summed E-state index contributed by atoms with van der Waals surface area (Å²) in [6.45, 7) is 0.563. The molecule has 0 atom stereocenters. The van der Waals surface area contributed by atoms with Gasteiger partial charge in [-0.25, -0.2) is 9.97 Å². The number of nitrogens with zero attached hydrogens (tertiary/aromatic N) is 2. The Morgan fingerprint density at radius 3 is 2.57 bits per heavy atom. The number of nitrogens with two attached hydrogens (primary N) is 2. The van der Waals surface area contributed by atoms with Crippen molar-refractivity contribution >= 4 is 60.4 Å². The maximum Gasteiger partial charge on any atom is 0.280 e. The monoisotopic (exact) mass is 441 g/mol. The molecule has 0 aliphatic carbocycles. The van der Waals surface area contributed by atoms with Crippen LogP contribution in [-0.2, 0) is 11.5 Å². The Kier molecular flexibility index (Phi) is 8.03. The van der Waals surface area contributed by atoms with Crippen LogP contribution in [0.25, 0.3) is 0 Å². The molecular formula is C16H20ClN7O2S2. The van der Waals surface area contributed by atoms with E-state index in [1.807, 2.05) is 18.2 Å². The zero-order chi connectivity index (χ0) is 20.7. The van der Waals surface area contributed by atoms with E-state index in [9.17, 15) is 4.79 Å². The fourth-order valence-electron chi connectivity index (χ4n) is 2.16. The van der Waals surface area contributed by atoms with Gasteiger partial charge in [-0.05, 0) is 23.3 Å². The van der Waals surface area contributed by atoms with Crippen molar-refractivity contribution in [1.82, 2.24) is 20.6 Å². The van der Waals surface area contributed by atoms with Crippen LogP contribution >= 0.6 is 36.9 Å². The predicted molar refractivity (Wildman–Crippen MR) is 116 cm³/mol. The summed E-state index contributed by atoms with van der Waals surface area (Å²) in [4.78, 5) is 19.6. The molecule has 0 fully saturated rings. The Balaban J connectivity index is 1.82. The number of ether oxygens (including phenoxy) is 1. The molecule has 0 radical (unpaired) electrons. The topological polar surface area (TPSA) is 152 Å². The third-order valence-corrected chi connectivity index (χ3v) is 4.51. The van der Waals surface area contributed by atoms with Gasteiger partial charge in [0, 0.05) is 11.5 Å². The predicted octanol–water partition coefficient (Wildman–Crippen LogP) is 1.49. The molecular weight excluding hydrogens is 422 g/mol. The van der Waals surface area contributed by atoms with E-state index >= 15 is 0 Å². The number of halogens is 1. The smallest absolute Gasteiger partial charge is 0.280 e. The van der Waals surface area contributed by atoms with E-state index in [0.29, 0.717) is 17.3 Å². The maximum atomic E-state index is 12.1. The van der Waals surface area contributed by atoms with E-state index in [2.05, 4.69) is 45.9 Å². The van der Waals surface area contributed by atoms with E-state index in [1.54, 1.807) is 0 Å². The van der Waals surface area contributed by atoms with Gasteiger partial charge in [0.2, 0.25) is 0 Å². The minimum absolute atomic E-state index is 0.0791. The van der Waals surface area contributed by atoms with Gasteiger partial charge in [0.1, 0.15) is 12.4 Å². The van der Waals surface area contributed by atoms with Crippen molar-refractivity contribution in [1.29, 1.82) is 5.41 Å². The first-order valence-corrected chi connectivity index (χ1v) is 9.68. The highest BCUT2D eigenvalue weighted by Gasteiger charge is 2.17. The average molecular weight is 442 g/mol. The number of hydrogen-bond acceptors (Lipinski definition) is 9. The van der Waals surface area contributed by atoms with Crippen molar-refractivity contribution in [3.05, 3.63) is 40.2 Å². The standard InChI is InChI=1S/C16H20ClN7O2S2/c17-12-14(19)23-13(18)11(22-12)15(25)24-16(20)21-3-4-26-10-2-1-8(6-27)9(5-10)7-28/h1-2,5,27-28H,3-4,6-7H2,(H4,18,19,23)(H3,20,21,24,25). The molecule has 1 heterocycles. The number of aromatic nitrogens is 2. The molecule has 0 saturated heterocycles. The van der Waals surface area contributed by atoms with Crippen molar-refractivity contribution in [3.63, 3.8) is 0 Å². The second-order valence-electron chi connectivity index (χ2n) is 5.48. The van der Waals surface area contributed by atoms with Crippen LogP contribution in [0.5, 0.6) is 5.75 Å². The molecule has 2 rings (SSSR count). The first-order valence-electron chi connectivity index (χ1n) is 8.04. The molecule has 0 unspecified atom stereocenters. The molecule has 28 heavy (non-hydrogen) atoms. The third kappa shape index (κ3) is 5.81. The van der Waals surface area contributed by atoms with Crippen molar-refractivity contribution in [3.8, 4) is 5.75 Å². The van der Waals surface area contributed by atoms with Crippen molar-refractivity contribution in [2.45, 2.75) is 11.5 Å². The highest BCUT2D eigenvalue weighted by molar-refractivity contribution is 7.79. The van der Waals surface area contributed by atoms with E-state index in [-0.39, 0.29) is 41.6 Å². The Hall–Kier alpha value is -2.37. The van der Waals surface area contributed by atoms with Gasteiger partial charge in [-0.3, -0.25) is 15.5 Å². The largest absolute Gasteiger partial charge is 0.492 e. The SMILES string of the molecule is N=C(NCCOc1ccc(CS)c(CS)c1)NC(=O)c1nc(Cl)c(N)nc1N. The summed E-state index contributed by atoms with van der Waals surface area (Å²) in [7, 11) is 0. The zero-order valence-electron chi connectivity index (χ0n) is 14.7. The number of hydrogen-bond donors (Lipinski definition) is 7. The van der Waals surface area contributed by atoms with E-state index in [4.69, 9.17) is 33.2 Å². The summed E-state index contributed by atoms with van der Waals surface area (Å²) in [5.74, 6) is 0.665. The van der Waals surface area contributed by atoms with Gasteiger partial charge in [-0.1, -0.05) is 17.7 Å². The molecule has 7 N–H and O–H groups in total. The number of thiol groups is 2. The molecule has 1 amide bonds. The molecule has 1 aromatic carbocycles. The normalized spacial score (nSPS) is 10.4. The second kappa shape index (κ2) is 10.2. The van der Waals surface area contributed by atoms with E-state index in [0.717, 1.165) is 11.1 Å². The highest BCUT2D eigenvalue weighted by atomic mass is 35.5. The van der Waals surface area contributed by atoms with Crippen molar-refractivity contribution in [2.24, 2.45) is 0 Å². The third-order valence-electron chi connectivity index (χ3n) is 3.55. The molecule has 0 aliphatic rings. The van der Waals surface area contributed by atoms with Crippen LogP contribution in [-0.4, -0.2) is 35.0 Å². The van der Waals surface area contributed by atoms with Crippen LogP contribution in [0.3, 0.4) is 0 Å². The van der Waals surface area contributed by atoms with Gasteiger partial charge < -0.3 is 21.5 Å². The van der Waals surface area contributed by atoms with Crippen LogP contribution in [0.2, 0.25) is 5.15 Å². The molecule has 0 bridgehead atoms. The zero-order valence-corrected chi connectivity index (χ0v) is 17.2. The maximum absolute atomic E-state index is 12.1. The van der Waals surface area contributed by atoms with Gasteiger partial charge in [0.25, 0.3) is 5.91 Å². The molecule has 2 aromatic rings. The van der Waals surface area contributed by atoms with Crippen molar-refractivity contribution in [2.75, 3.05) is 24.6 Å². The minimum atomic E-state index is -0.730. The van der Waals surface area contributed by atoms with Crippen molar-refractivity contribution < 1.29 is 9.53 Å². The number of anilines is 2. The number of carbonyl (C=O) groups excluding carboxylic acids is 1. The van der Waals surface area contributed by atoms with Crippen LogP contribution in [0.1, 0.15) is 21.6 Å². The number of nitrogens with one attached hydrogen (secondary N) is 3. The highest BCUT2D eigenvalue weighted by Crippen LogP contribution is 2.21. The number of nitrogen functional groups attached to an aromatic ring is 2. The number of guanidine groups is 1. The molecule has 9 nitrogen and oxygen atoms in total. The van der Waals surface area contributed by atoms with Crippen LogP contribution in [0.15, 0.2) is 18.2 Å². The minimum Gasteiger partial charge on any atom is -0.492 e. The number of benzene rings is 1. The molecule has 0 aliphatic heterocycles. The van der Waals surface area contributed by atoms with Crippen LogP contribution in [0, 0.1) is 5.41 Å². The van der Waals surface area contributed by atoms with Gasteiger partial charge in [-0.15, -0.1) is 0 Å². The molecule has 0 saturated carbocycles. The summed E-state index contributed by atoms with van der Waals surface area (Å²) in [6.07, 6.45) is 0. The van der Waals surface area contributed by atoms with Crippen LogP contribution in [0.4, 0.5) is 11.6 Å². The number of carbonyl (C=O) groups is 1. The van der Waals surface area contributed by atoms with E-state index < -0.39 is 5.91 Å². The second-order valence-corrected chi connectivity index (χ2v) is 6.48. The fraction of sp³-hybridized carbons (Fsp3) is 0.250. The summed E-state index contributed by atoms with van der Waals surface area (Å²) < 4.78 is 5.63. The number of amides is 1. The first kappa shape index (κ1) is 21.9. The van der Waals surface area contributed by atoms with Crippen LogP contribution < -0.4 is 26.8 Å². The number of rotatable bonds is 7. The lowest BCUT2D eigenvalue weighted by molar-refractivity contribution is 0.0971. The van der Waals surface area contributed by atoms with Gasteiger partial charge in [-0.2, -0.15) is 25.3 Å². The summed E-state index contributed by atoms with van der Waals surface area (Å²) in [5.41, 5.74) is 13.0. The van der Waals surface area contributed by atoms with E-state index in [1.165, 1.54) is 0 Å². The quantitative estimate of drug-likeness (QED) is 0.149. The van der Waals surface area contributed by atoms with Gasteiger partial charge in [0.15, 0.2) is 28.4 Å². The molecule has 12 heteroatoms. The fourth-order valence-corrected chi connectivity index (χ4v) is 2.89. The molecule has 150 valence electrons. The lowest BCUT2D eigenvalue weighted by atomic mass is 10.1. The Bertz CT molecular complexity index is 882. The molecule has 0 spiro atoms.